The van der Waals surface area contributed by atoms with E-state index in [4.69, 9.17) is 0 Å². The molecule has 2 aliphatic heterocycles. The second-order valence-corrected chi connectivity index (χ2v) is 6.51. The maximum Gasteiger partial charge on any atom is 0.227 e. The summed E-state index contributed by atoms with van der Waals surface area (Å²) in [6.45, 7) is 2.94. The van der Waals surface area contributed by atoms with Gasteiger partial charge in [0.05, 0.1) is 6.42 Å². The van der Waals surface area contributed by atoms with Crippen LogP contribution in [-0.4, -0.2) is 36.5 Å². The second-order valence-electron chi connectivity index (χ2n) is 6.51. The lowest BCUT2D eigenvalue weighted by molar-refractivity contribution is -0.135. The van der Waals surface area contributed by atoms with Gasteiger partial charge in [0.25, 0.3) is 0 Å². The molecule has 0 aliphatic carbocycles. The lowest BCUT2D eigenvalue weighted by atomic mass is 9.84. The summed E-state index contributed by atoms with van der Waals surface area (Å²) < 4.78 is 13.8. The summed E-state index contributed by atoms with van der Waals surface area (Å²) >= 11 is 0. The number of benzene rings is 1. The lowest BCUT2D eigenvalue weighted by Crippen LogP contribution is -2.50. The molecule has 1 atom stereocenters. The number of rotatable bonds is 3. The fourth-order valence-electron chi connectivity index (χ4n) is 3.89. The first-order valence-corrected chi connectivity index (χ1v) is 8.49. The predicted molar refractivity (Wildman–Crippen MR) is 85.0 cm³/mol. The third-order valence-corrected chi connectivity index (χ3v) is 5.10. The predicted octanol–water partition coefficient (Wildman–Crippen LogP) is 2.75. The molecule has 2 heterocycles. The van der Waals surface area contributed by atoms with Crippen LogP contribution in [0.5, 0.6) is 0 Å². The van der Waals surface area contributed by atoms with Crippen LogP contribution in [0.2, 0.25) is 0 Å². The zero-order valence-corrected chi connectivity index (χ0v) is 13.1. The van der Waals surface area contributed by atoms with Crippen LogP contribution in [0.15, 0.2) is 24.3 Å². The Kier molecular flexibility index (Phi) is 5.08. The zero-order valence-electron chi connectivity index (χ0n) is 13.1. The van der Waals surface area contributed by atoms with E-state index in [0.29, 0.717) is 17.5 Å². The Morgan fingerprint density at radius 3 is 2.73 bits per heavy atom. The topological polar surface area (TPSA) is 32.3 Å². The highest BCUT2D eigenvalue weighted by atomic mass is 19.1. The third-order valence-electron chi connectivity index (χ3n) is 5.10. The highest BCUT2D eigenvalue weighted by Crippen LogP contribution is 2.29. The fourth-order valence-corrected chi connectivity index (χ4v) is 3.89. The molecule has 1 aromatic carbocycles. The van der Waals surface area contributed by atoms with E-state index in [2.05, 4.69) is 5.32 Å². The summed E-state index contributed by atoms with van der Waals surface area (Å²) in [5.41, 5.74) is 0.516. The quantitative estimate of drug-likeness (QED) is 0.931. The summed E-state index contributed by atoms with van der Waals surface area (Å²) in [7, 11) is 0. The molecule has 120 valence electrons. The Hall–Kier alpha value is -1.42. The lowest BCUT2D eigenvalue weighted by Gasteiger charge is -2.42. The van der Waals surface area contributed by atoms with E-state index in [9.17, 15) is 9.18 Å². The van der Waals surface area contributed by atoms with Crippen molar-refractivity contribution in [2.45, 2.75) is 44.6 Å². The van der Waals surface area contributed by atoms with Crippen molar-refractivity contribution in [3.8, 4) is 0 Å². The maximum absolute atomic E-state index is 13.8. The molecule has 3 nitrogen and oxygen atoms in total. The number of amides is 1. The van der Waals surface area contributed by atoms with Crippen LogP contribution >= 0.6 is 0 Å². The van der Waals surface area contributed by atoms with Gasteiger partial charge < -0.3 is 10.2 Å². The normalized spacial score (nSPS) is 23.5. The third kappa shape index (κ3) is 3.49. The average Bonchev–Trinajstić information content (AvgIpc) is 2.58. The number of nitrogens with zero attached hydrogens (tertiary/aromatic N) is 1. The van der Waals surface area contributed by atoms with Crippen LogP contribution in [0.3, 0.4) is 0 Å². The number of halogens is 1. The summed E-state index contributed by atoms with van der Waals surface area (Å²) in [5.74, 6) is 0.422. The maximum atomic E-state index is 13.8. The van der Waals surface area contributed by atoms with Crippen LogP contribution in [0.1, 0.15) is 37.7 Å². The first-order valence-electron chi connectivity index (χ1n) is 8.49. The molecule has 0 spiro atoms. The summed E-state index contributed by atoms with van der Waals surface area (Å²) in [6, 6.07) is 6.98. The number of likely N-dealkylation sites (tertiary alicyclic amines) is 1. The van der Waals surface area contributed by atoms with Crippen LogP contribution < -0.4 is 5.32 Å². The molecule has 0 unspecified atom stereocenters. The number of piperidine rings is 2. The minimum Gasteiger partial charge on any atom is -0.339 e. The van der Waals surface area contributed by atoms with Gasteiger partial charge in [0, 0.05) is 12.6 Å². The molecule has 2 aliphatic rings. The van der Waals surface area contributed by atoms with Gasteiger partial charge in [-0.3, -0.25) is 4.79 Å². The number of hydrogen-bond acceptors (Lipinski definition) is 2. The Labute approximate surface area is 131 Å². The SMILES string of the molecule is O=C(Cc1ccccc1F)N1CCCC[C@H]1C1CCNCC1. The Morgan fingerprint density at radius 2 is 1.95 bits per heavy atom. The van der Waals surface area contributed by atoms with Crippen molar-refractivity contribution in [2.24, 2.45) is 5.92 Å². The van der Waals surface area contributed by atoms with E-state index >= 15 is 0 Å². The van der Waals surface area contributed by atoms with Crippen molar-refractivity contribution in [3.05, 3.63) is 35.6 Å². The van der Waals surface area contributed by atoms with Crippen LogP contribution in [0.25, 0.3) is 0 Å². The van der Waals surface area contributed by atoms with E-state index in [-0.39, 0.29) is 18.1 Å². The first-order chi connectivity index (χ1) is 10.8. The highest BCUT2D eigenvalue weighted by Gasteiger charge is 2.33. The van der Waals surface area contributed by atoms with Crippen LogP contribution in [0.4, 0.5) is 4.39 Å². The molecule has 0 radical (unpaired) electrons. The van der Waals surface area contributed by atoms with Gasteiger partial charge in [-0.25, -0.2) is 4.39 Å². The Morgan fingerprint density at radius 1 is 1.18 bits per heavy atom. The average molecular weight is 304 g/mol. The van der Waals surface area contributed by atoms with E-state index in [1.165, 1.54) is 12.5 Å². The monoisotopic (exact) mass is 304 g/mol. The molecule has 4 heteroatoms. The second kappa shape index (κ2) is 7.23. The number of hydrogen-bond donors (Lipinski definition) is 1. The largest absolute Gasteiger partial charge is 0.339 e. The van der Waals surface area contributed by atoms with E-state index in [0.717, 1.165) is 45.3 Å². The summed E-state index contributed by atoms with van der Waals surface area (Å²) in [4.78, 5) is 14.8. The van der Waals surface area contributed by atoms with Crippen molar-refractivity contribution >= 4 is 5.91 Å². The number of carbonyl (C=O) groups is 1. The minimum absolute atomic E-state index is 0.0910. The van der Waals surface area contributed by atoms with Crippen molar-refractivity contribution in [1.29, 1.82) is 0 Å². The molecule has 2 fully saturated rings. The molecule has 1 N–H and O–H groups in total. The molecule has 1 aromatic rings. The summed E-state index contributed by atoms with van der Waals surface area (Å²) in [6.07, 6.45) is 5.87. The molecule has 2 saturated heterocycles. The molecule has 0 aromatic heterocycles. The van der Waals surface area contributed by atoms with E-state index < -0.39 is 0 Å². The molecular weight excluding hydrogens is 279 g/mol. The van der Waals surface area contributed by atoms with Crippen LogP contribution in [-0.2, 0) is 11.2 Å². The van der Waals surface area contributed by atoms with Gasteiger partial charge in [-0.05, 0) is 62.7 Å². The van der Waals surface area contributed by atoms with Gasteiger partial charge >= 0.3 is 0 Å². The van der Waals surface area contributed by atoms with Gasteiger partial charge in [0.1, 0.15) is 5.82 Å². The fraction of sp³-hybridized carbons (Fsp3) is 0.611. The van der Waals surface area contributed by atoms with Crippen LogP contribution in [0, 0.1) is 11.7 Å². The standard InChI is InChI=1S/C18H25FN2O/c19-16-6-2-1-5-15(16)13-18(22)21-12-4-3-7-17(21)14-8-10-20-11-9-14/h1-2,5-6,14,17,20H,3-4,7-13H2/t17-/m0/s1. The van der Waals surface area contributed by atoms with Gasteiger partial charge in [0.2, 0.25) is 5.91 Å². The van der Waals surface area contributed by atoms with Gasteiger partial charge in [-0.1, -0.05) is 18.2 Å². The van der Waals surface area contributed by atoms with E-state index in [1.807, 2.05) is 4.90 Å². The Bertz CT molecular complexity index is 514. The van der Waals surface area contributed by atoms with E-state index in [1.54, 1.807) is 18.2 Å². The minimum atomic E-state index is -0.272. The molecule has 0 saturated carbocycles. The molecule has 22 heavy (non-hydrogen) atoms. The molecule has 1 amide bonds. The van der Waals surface area contributed by atoms with Crippen molar-refractivity contribution in [2.75, 3.05) is 19.6 Å². The van der Waals surface area contributed by atoms with Gasteiger partial charge in [-0.2, -0.15) is 0 Å². The number of carbonyl (C=O) groups excluding carboxylic acids is 1. The number of nitrogens with one attached hydrogen (secondary N) is 1. The van der Waals surface area contributed by atoms with Crippen molar-refractivity contribution in [3.63, 3.8) is 0 Å². The smallest absolute Gasteiger partial charge is 0.227 e. The highest BCUT2D eigenvalue weighted by molar-refractivity contribution is 5.79. The molecule has 3 rings (SSSR count). The van der Waals surface area contributed by atoms with Crippen molar-refractivity contribution in [1.82, 2.24) is 10.2 Å². The molecule has 0 bridgehead atoms. The van der Waals surface area contributed by atoms with Gasteiger partial charge in [-0.15, -0.1) is 0 Å². The first kappa shape index (κ1) is 15.5. The molecular formula is C18H25FN2O. The van der Waals surface area contributed by atoms with Crippen molar-refractivity contribution < 1.29 is 9.18 Å². The zero-order chi connectivity index (χ0) is 15.4. The Balaban J connectivity index is 1.69. The summed E-state index contributed by atoms with van der Waals surface area (Å²) in [5, 5.41) is 3.39. The van der Waals surface area contributed by atoms with Gasteiger partial charge in [0.15, 0.2) is 0 Å².